The van der Waals surface area contributed by atoms with Gasteiger partial charge in [0, 0.05) is 0 Å². The van der Waals surface area contributed by atoms with Crippen LogP contribution in [0.3, 0.4) is 0 Å². The van der Waals surface area contributed by atoms with E-state index in [4.69, 9.17) is 4.99 Å². The van der Waals surface area contributed by atoms with E-state index in [2.05, 4.69) is 91.9 Å². The average Bonchev–Trinajstić information content (AvgIpc) is 2.75. The van der Waals surface area contributed by atoms with E-state index in [9.17, 15) is 5.11 Å². The molecule has 142 valence electrons. The summed E-state index contributed by atoms with van der Waals surface area (Å²) in [6.45, 7) is 4.12. The van der Waals surface area contributed by atoms with E-state index in [1.807, 2.05) is 6.92 Å². The normalized spacial score (nSPS) is 21.2. The predicted molar refractivity (Wildman–Crippen MR) is 117 cm³/mol. The summed E-state index contributed by atoms with van der Waals surface area (Å²) in [5.74, 6) is 0. The Bertz CT molecular complexity index is 927. The van der Waals surface area contributed by atoms with Gasteiger partial charge in [0.25, 0.3) is 0 Å². The molecule has 3 aromatic rings. The molecule has 4 rings (SSSR count). The first-order valence-electron chi connectivity index (χ1n) is 9.74. The topological polar surface area (TPSA) is 32.6 Å². The number of aryl methyl sites for hydroxylation is 1. The van der Waals surface area contributed by atoms with E-state index in [-0.39, 0.29) is 19.3 Å². The molecular weight excluding hydrogens is 409 g/mol. The summed E-state index contributed by atoms with van der Waals surface area (Å²) in [6.07, 6.45) is 1.21. The molecule has 0 spiro atoms. The number of rotatable bonds is 4. The molecule has 1 heterocycles. The molecule has 0 saturated carbocycles. The molecule has 1 unspecified atom stereocenters. The van der Waals surface area contributed by atoms with Crippen molar-refractivity contribution in [1.82, 2.24) is 0 Å². The Hall–Kier alpha value is -2.19. The summed E-state index contributed by atoms with van der Waals surface area (Å²) in [6, 6.07) is 29.8. The van der Waals surface area contributed by atoms with Crippen molar-refractivity contribution >= 4 is 19.6 Å². The van der Waals surface area contributed by atoms with Crippen LogP contribution in [0.4, 0.5) is 0 Å². The van der Waals surface area contributed by atoms with E-state index in [0.29, 0.717) is 12.8 Å². The fourth-order valence-corrected chi connectivity index (χ4v) is 7.16. The van der Waals surface area contributed by atoms with E-state index in [0.717, 1.165) is 10.2 Å². The van der Waals surface area contributed by atoms with Gasteiger partial charge in [0.05, 0.1) is 0 Å². The number of nitrogens with zero attached hydrogens (tertiary/aromatic N) is 1. The summed E-state index contributed by atoms with van der Waals surface area (Å²) in [4.78, 5) is 4.88. The van der Waals surface area contributed by atoms with Gasteiger partial charge in [-0.2, -0.15) is 0 Å². The summed E-state index contributed by atoms with van der Waals surface area (Å²) in [5.41, 5.74) is 3.80. The van der Waals surface area contributed by atoms with Gasteiger partial charge in [-0.3, -0.25) is 0 Å². The van der Waals surface area contributed by atoms with Crippen LogP contribution >= 0.6 is 0 Å². The second-order valence-corrected chi connectivity index (χ2v) is 10.2. The molecule has 0 bridgehead atoms. The van der Waals surface area contributed by atoms with Crippen molar-refractivity contribution in [2.75, 3.05) is 0 Å². The molecule has 0 amide bonds. The van der Waals surface area contributed by atoms with Gasteiger partial charge in [-0.1, -0.05) is 0 Å². The minimum atomic E-state index is -1.06. The van der Waals surface area contributed by atoms with Crippen LogP contribution in [-0.2, 0) is 4.31 Å². The fraction of sp³-hybridized carbons (Fsp3) is 0.240. The molecule has 3 aromatic carbocycles. The monoisotopic (exact) mass is 435 g/mol. The first-order chi connectivity index (χ1) is 13.5. The molecular formula is C25H25NOSe. The number of aliphatic imine (C=N–C) groups is 1. The maximum atomic E-state index is 11.4. The number of hydrogen-bond donors (Lipinski definition) is 1. The predicted octanol–water partition coefficient (Wildman–Crippen LogP) is 4.89. The minimum absolute atomic E-state index is 0.0341. The summed E-state index contributed by atoms with van der Waals surface area (Å²) < 4.78 is 0.790. The molecule has 2 nitrogen and oxygen atoms in total. The Balaban J connectivity index is 1.91. The third kappa shape index (κ3) is 3.58. The van der Waals surface area contributed by atoms with Crippen LogP contribution in [0.5, 0.6) is 0 Å². The first kappa shape index (κ1) is 19.1. The SMILES string of the molecule is CCC1(O)CC(c2ccccc2)(c2ccccc2)[Se]C(c2ccc(C)cc2)=N1. The van der Waals surface area contributed by atoms with Gasteiger partial charge in [0.1, 0.15) is 0 Å². The van der Waals surface area contributed by atoms with Crippen LogP contribution in [0.1, 0.15) is 42.0 Å². The van der Waals surface area contributed by atoms with Crippen molar-refractivity contribution < 1.29 is 5.11 Å². The van der Waals surface area contributed by atoms with E-state index >= 15 is 0 Å². The van der Waals surface area contributed by atoms with Gasteiger partial charge in [-0.15, -0.1) is 0 Å². The molecule has 1 aliphatic rings. The van der Waals surface area contributed by atoms with Crippen LogP contribution < -0.4 is 0 Å². The molecule has 0 fully saturated rings. The van der Waals surface area contributed by atoms with Gasteiger partial charge in [-0.05, 0) is 0 Å². The number of aliphatic hydroxyl groups is 1. The van der Waals surface area contributed by atoms with Gasteiger partial charge < -0.3 is 0 Å². The maximum absolute atomic E-state index is 11.4. The molecule has 0 aliphatic carbocycles. The van der Waals surface area contributed by atoms with Gasteiger partial charge in [0.15, 0.2) is 0 Å². The zero-order valence-electron chi connectivity index (χ0n) is 16.3. The number of benzene rings is 3. The first-order valence-corrected chi connectivity index (χ1v) is 11.5. The van der Waals surface area contributed by atoms with Crippen molar-refractivity contribution in [3.05, 3.63) is 107 Å². The summed E-state index contributed by atoms with van der Waals surface area (Å²) in [7, 11) is 0. The zero-order valence-corrected chi connectivity index (χ0v) is 18.0. The van der Waals surface area contributed by atoms with E-state index in [1.165, 1.54) is 16.7 Å². The quantitative estimate of drug-likeness (QED) is 0.583. The van der Waals surface area contributed by atoms with Gasteiger partial charge >= 0.3 is 174 Å². The fourth-order valence-electron chi connectivity index (χ4n) is 3.78. The molecule has 28 heavy (non-hydrogen) atoms. The van der Waals surface area contributed by atoms with Crippen LogP contribution in [0.2, 0.25) is 0 Å². The molecule has 0 saturated heterocycles. The number of hydrogen-bond acceptors (Lipinski definition) is 2. The standard InChI is InChI=1S/C25H25NOSe/c1-3-24(27)18-25(21-10-6-4-7-11-21,22-12-8-5-9-13-22)28-23(26-24)20-16-14-19(2)15-17-20/h4-17,27H,3,18H2,1-2H3. The zero-order chi connectivity index (χ0) is 19.6. The van der Waals surface area contributed by atoms with Gasteiger partial charge in [0.2, 0.25) is 0 Å². The van der Waals surface area contributed by atoms with Crippen LogP contribution in [0.15, 0.2) is 89.9 Å². The molecule has 1 atom stereocenters. The Morgan fingerprint density at radius 2 is 1.39 bits per heavy atom. The van der Waals surface area contributed by atoms with Crippen LogP contribution in [0, 0.1) is 6.92 Å². The Morgan fingerprint density at radius 1 is 0.857 bits per heavy atom. The molecule has 1 aliphatic heterocycles. The molecule has 1 N–H and O–H groups in total. The Morgan fingerprint density at radius 3 is 1.89 bits per heavy atom. The van der Waals surface area contributed by atoms with Crippen molar-refractivity contribution in [3.8, 4) is 0 Å². The molecule has 0 aromatic heterocycles. The van der Waals surface area contributed by atoms with Crippen molar-refractivity contribution in [1.29, 1.82) is 0 Å². The van der Waals surface area contributed by atoms with Crippen molar-refractivity contribution in [3.63, 3.8) is 0 Å². The Kier molecular flexibility index (Phi) is 5.25. The average molecular weight is 434 g/mol. The van der Waals surface area contributed by atoms with Gasteiger partial charge in [-0.25, -0.2) is 0 Å². The third-order valence-corrected chi connectivity index (χ3v) is 8.57. The second-order valence-electron chi connectivity index (χ2n) is 7.46. The second kappa shape index (κ2) is 7.67. The molecule has 3 heteroatoms. The van der Waals surface area contributed by atoms with Crippen molar-refractivity contribution in [2.45, 2.75) is 36.7 Å². The van der Waals surface area contributed by atoms with Crippen LogP contribution in [0.25, 0.3) is 0 Å². The van der Waals surface area contributed by atoms with E-state index < -0.39 is 5.72 Å². The third-order valence-electron chi connectivity index (χ3n) is 5.46. The summed E-state index contributed by atoms with van der Waals surface area (Å²) >= 11 is 0.0341. The van der Waals surface area contributed by atoms with Crippen LogP contribution in [-0.4, -0.2) is 30.4 Å². The van der Waals surface area contributed by atoms with Crippen molar-refractivity contribution in [2.24, 2.45) is 4.99 Å². The Labute approximate surface area is 173 Å². The summed E-state index contributed by atoms with van der Waals surface area (Å²) in [5, 5.41) is 11.4. The van der Waals surface area contributed by atoms with E-state index in [1.54, 1.807) is 0 Å². The molecule has 0 radical (unpaired) electrons.